The summed E-state index contributed by atoms with van der Waals surface area (Å²) < 4.78 is 0. The summed E-state index contributed by atoms with van der Waals surface area (Å²) in [5.74, 6) is -0.355. The summed E-state index contributed by atoms with van der Waals surface area (Å²) in [6, 6.07) is 8.33. The van der Waals surface area contributed by atoms with Gasteiger partial charge in [0.1, 0.15) is 11.1 Å². The van der Waals surface area contributed by atoms with E-state index in [1.165, 1.54) is 17.4 Å². The van der Waals surface area contributed by atoms with Gasteiger partial charge in [-0.1, -0.05) is 0 Å². The highest BCUT2D eigenvalue weighted by Gasteiger charge is 2.12. The molecule has 0 atom stereocenters. The van der Waals surface area contributed by atoms with E-state index in [4.69, 9.17) is 16.7 Å². The van der Waals surface area contributed by atoms with Crippen molar-refractivity contribution in [2.45, 2.75) is 0 Å². The lowest BCUT2D eigenvalue weighted by molar-refractivity contribution is 0.102. The number of nitriles is 1. The van der Waals surface area contributed by atoms with Crippen molar-refractivity contribution in [2.75, 3.05) is 16.8 Å². The minimum atomic E-state index is -0.355. The number of rotatable bonds is 2. The maximum absolute atomic E-state index is 12.0. The van der Waals surface area contributed by atoms with E-state index in [9.17, 15) is 4.79 Å². The molecule has 1 heterocycles. The Balaban J connectivity index is 2.25. The zero-order valence-corrected chi connectivity index (χ0v) is 10.1. The third kappa shape index (κ3) is 2.26. The van der Waals surface area contributed by atoms with Crippen molar-refractivity contribution in [3.8, 4) is 6.07 Å². The predicted molar refractivity (Wildman–Crippen MR) is 72.3 cm³/mol. The second kappa shape index (κ2) is 4.77. The second-order valence-corrected chi connectivity index (χ2v) is 4.49. The number of amides is 1. The van der Waals surface area contributed by atoms with Crippen LogP contribution in [0.2, 0.25) is 0 Å². The van der Waals surface area contributed by atoms with Crippen LogP contribution < -0.4 is 16.8 Å². The van der Waals surface area contributed by atoms with Gasteiger partial charge in [0.2, 0.25) is 0 Å². The first-order chi connectivity index (χ1) is 8.61. The van der Waals surface area contributed by atoms with Gasteiger partial charge in [0.15, 0.2) is 0 Å². The van der Waals surface area contributed by atoms with Crippen LogP contribution in [-0.4, -0.2) is 5.91 Å². The highest BCUT2D eigenvalue weighted by molar-refractivity contribution is 7.14. The number of carbonyl (C=O) groups is 1. The number of anilines is 3. The highest BCUT2D eigenvalue weighted by atomic mass is 32.1. The zero-order chi connectivity index (χ0) is 13.1. The first-order valence-corrected chi connectivity index (χ1v) is 5.93. The van der Waals surface area contributed by atoms with E-state index in [1.807, 2.05) is 6.07 Å². The smallest absolute Gasteiger partial charge is 0.258 e. The Morgan fingerprint density at radius 3 is 2.78 bits per heavy atom. The molecular weight excluding hydrogens is 248 g/mol. The summed E-state index contributed by atoms with van der Waals surface area (Å²) in [6.45, 7) is 0. The summed E-state index contributed by atoms with van der Waals surface area (Å²) in [5, 5.41) is 13.7. The summed E-state index contributed by atoms with van der Waals surface area (Å²) in [5.41, 5.74) is 12.8. The molecular formula is C12H10N4OS. The molecule has 18 heavy (non-hydrogen) atoms. The van der Waals surface area contributed by atoms with Gasteiger partial charge in [0.25, 0.3) is 5.91 Å². The lowest BCUT2D eigenvalue weighted by atomic mass is 10.1. The van der Waals surface area contributed by atoms with E-state index >= 15 is 0 Å². The molecule has 0 saturated heterocycles. The molecule has 0 radical (unpaired) electrons. The van der Waals surface area contributed by atoms with E-state index in [-0.39, 0.29) is 5.91 Å². The number of carbonyl (C=O) groups excluding carboxylic acids is 1. The quantitative estimate of drug-likeness (QED) is 0.717. The number of nitrogen functional groups attached to an aromatic ring is 2. The fourth-order valence-corrected chi connectivity index (χ4v) is 2.19. The van der Waals surface area contributed by atoms with Gasteiger partial charge in [0.05, 0.1) is 11.1 Å². The van der Waals surface area contributed by atoms with E-state index in [0.29, 0.717) is 27.5 Å². The molecule has 0 aliphatic carbocycles. The first kappa shape index (κ1) is 12.0. The van der Waals surface area contributed by atoms with Gasteiger partial charge >= 0.3 is 0 Å². The van der Waals surface area contributed by atoms with Crippen LogP contribution in [0.4, 0.5) is 16.4 Å². The van der Waals surface area contributed by atoms with Crippen molar-refractivity contribution in [1.29, 1.82) is 5.26 Å². The molecule has 0 saturated carbocycles. The van der Waals surface area contributed by atoms with Crippen LogP contribution in [-0.2, 0) is 0 Å². The molecule has 0 aliphatic rings. The van der Waals surface area contributed by atoms with Crippen LogP contribution >= 0.6 is 11.3 Å². The van der Waals surface area contributed by atoms with Crippen LogP contribution in [0.25, 0.3) is 0 Å². The fraction of sp³-hybridized carbons (Fsp3) is 0. The Labute approximate surface area is 108 Å². The van der Waals surface area contributed by atoms with Crippen LogP contribution in [0.3, 0.4) is 0 Å². The van der Waals surface area contributed by atoms with Crippen LogP contribution in [0.1, 0.15) is 15.9 Å². The topological polar surface area (TPSA) is 105 Å². The van der Waals surface area contributed by atoms with Gasteiger partial charge in [-0.25, -0.2) is 0 Å². The summed E-state index contributed by atoms with van der Waals surface area (Å²) >= 11 is 1.29. The van der Waals surface area contributed by atoms with Crippen LogP contribution in [0, 0.1) is 11.3 Å². The Bertz CT molecular complexity index is 642. The van der Waals surface area contributed by atoms with Crippen molar-refractivity contribution < 1.29 is 4.79 Å². The number of benzene rings is 1. The lowest BCUT2D eigenvalue weighted by Gasteiger charge is -2.06. The van der Waals surface area contributed by atoms with E-state index in [0.717, 1.165) is 0 Å². The van der Waals surface area contributed by atoms with Gasteiger partial charge < -0.3 is 16.8 Å². The second-order valence-electron chi connectivity index (χ2n) is 3.58. The number of hydrogen-bond donors (Lipinski definition) is 3. The maximum atomic E-state index is 12.0. The van der Waals surface area contributed by atoms with Gasteiger partial charge in [-0.05, 0) is 29.6 Å². The van der Waals surface area contributed by atoms with Gasteiger partial charge in [0, 0.05) is 11.4 Å². The molecule has 0 aliphatic heterocycles. The number of nitrogens with one attached hydrogen (secondary N) is 1. The highest BCUT2D eigenvalue weighted by Crippen LogP contribution is 2.24. The molecule has 5 N–H and O–H groups in total. The number of thiophene rings is 1. The molecule has 5 nitrogen and oxygen atoms in total. The number of nitrogens with two attached hydrogens (primary N) is 2. The molecule has 1 aromatic carbocycles. The van der Waals surface area contributed by atoms with Crippen molar-refractivity contribution in [1.82, 2.24) is 0 Å². The molecule has 1 amide bonds. The van der Waals surface area contributed by atoms with Gasteiger partial charge in [-0.2, -0.15) is 5.26 Å². The van der Waals surface area contributed by atoms with Gasteiger partial charge in [-0.3, -0.25) is 4.79 Å². The van der Waals surface area contributed by atoms with E-state index in [2.05, 4.69) is 5.32 Å². The van der Waals surface area contributed by atoms with Crippen LogP contribution in [0.5, 0.6) is 0 Å². The molecule has 2 rings (SSSR count). The van der Waals surface area contributed by atoms with E-state index < -0.39 is 0 Å². The Hall–Kier alpha value is -2.52. The Morgan fingerprint density at radius 2 is 2.11 bits per heavy atom. The molecule has 0 bridgehead atoms. The summed E-state index contributed by atoms with van der Waals surface area (Å²) in [7, 11) is 0. The average molecular weight is 258 g/mol. The number of nitrogens with zero attached hydrogens (tertiary/aromatic N) is 1. The summed E-state index contributed by atoms with van der Waals surface area (Å²) in [6.07, 6.45) is 0. The average Bonchev–Trinajstić information content (AvgIpc) is 2.76. The van der Waals surface area contributed by atoms with Crippen molar-refractivity contribution >= 4 is 33.6 Å². The Kier molecular flexibility index (Phi) is 3.17. The molecule has 1 aromatic heterocycles. The molecule has 0 unspecified atom stereocenters. The normalized spacial score (nSPS) is 9.72. The van der Waals surface area contributed by atoms with Crippen LogP contribution in [0.15, 0.2) is 29.6 Å². The standard InChI is InChI=1S/C12H10N4OS/c13-6-7-3-4-18-12(7)16-11(17)9-2-1-8(14)5-10(9)15/h1-5H,14-15H2,(H,16,17). The zero-order valence-electron chi connectivity index (χ0n) is 9.31. The van der Waals surface area contributed by atoms with Crippen molar-refractivity contribution in [2.24, 2.45) is 0 Å². The largest absolute Gasteiger partial charge is 0.399 e. The maximum Gasteiger partial charge on any atom is 0.258 e. The number of hydrogen-bond acceptors (Lipinski definition) is 5. The third-order valence-electron chi connectivity index (χ3n) is 2.33. The lowest BCUT2D eigenvalue weighted by Crippen LogP contribution is -2.14. The summed E-state index contributed by atoms with van der Waals surface area (Å²) in [4.78, 5) is 12.0. The Morgan fingerprint density at radius 1 is 1.33 bits per heavy atom. The SMILES string of the molecule is N#Cc1ccsc1NC(=O)c1ccc(N)cc1N. The molecule has 0 spiro atoms. The molecule has 2 aromatic rings. The molecule has 90 valence electrons. The monoisotopic (exact) mass is 258 g/mol. The predicted octanol–water partition coefficient (Wildman–Crippen LogP) is 2.04. The minimum absolute atomic E-state index is 0.308. The van der Waals surface area contributed by atoms with Crippen molar-refractivity contribution in [3.63, 3.8) is 0 Å². The van der Waals surface area contributed by atoms with Crippen molar-refractivity contribution in [3.05, 3.63) is 40.8 Å². The fourth-order valence-electron chi connectivity index (χ4n) is 1.45. The van der Waals surface area contributed by atoms with E-state index in [1.54, 1.807) is 23.6 Å². The van der Waals surface area contributed by atoms with Gasteiger partial charge in [-0.15, -0.1) is 11.3 Å². The molecule has 6 heteroatoms. The minimum Gasteiger partial charge on any atom is -0.399 e. The first-order valence-electron chi connectivity index (χ1n) is 5.05. The molecule has 0 fully saturated rings. The third-order valence-corrected chi connectivity index (χ3v) is 3.16.